The van der Waals surface area contributed by atoms with E-state index in [1.807, 2.05) is 48.5 Å². The summed E-state index contributed by atoms with van der Waals surface area (Å²) >= 11 is 0. The second-order valence-corrected chi connectivity index (χ2v) is 6.33. The molecule has 0 radical (unpaired) electrons. The van der Waals surface area contributed by atoms with E-state index in [1.165, 1.54) is 10.8 Å². The normalized spacial score (nSPS) is 19.5. The molecule has 0 aromatic heterocycles. The van der Waals surface area contributed by atoms with Gasteiger partial charge < -0.3 is 0 Å². The molecule has 0 amide bonds. The monoisotopic (exact) mass is 298 g/mol. The van der Waals surface area contributed by atoms with Crippen LogP contribution in [0.5, 0.6) is 0 Å². The van der Waals surface area contributed by atoms with Gasteiger partial charge in [0.25, 0.3) is 0 Å². The molecule has 110 valence electrons. The van der Waals surface area contributed by atoms with Gasteiger partial charge >= 0.3 is 0 Å². The van der Waals surface area contributed by atoms with Crippen LogP contribution in [-0.4, -0.2) is 0 Å². The molecule has 0 bridgehead atoms. The minimum Gasteiger partial charge on any atom is -0.233 e. The fourth-order valence-electron chi connectivity index (χ4n) is 4.03. The summed E-state index contributed by atoms with van der Waals surface area (Å²) in [5.41, 5.74) is 1.16. The lowest BCUT2D eigenvalue weighted by molar-refractivity contribution is 0.222. The zero-order valence-electron chi connectivity index (χ0n) is 12.6. The molecule has 0 saturated carbocycles. The number of alkyl halides is 1. The van der Waals surface area contributed by atoms with Gasteiger partial charge in [-0.25, -0.2) is 4.39 Å². The van der Waals surface area contributed by atoms with Crippen molar-refractivity contribution in [1.82, 2.24) is 0 Å². The molecule has 23 heavy (non-hydrogen) atoms. The third-order valence-corrected chi connectivity index (χ3v) is 5.06. The molecular weight excluding hydrogens is 283 g/mol. The highest BCUT2D eigenvalue weighted by atomic mass is 19.1. The van der Waals surface area contributed by atoms with Crippen LogP contribution in [-0.2, 0) is 12.1 Å². The molecule has 0 aliphatic heterocycles. The van der Waals surface area contributed by atoms with Crippen molar-refractivity contribution in [3.8, 4) is 0 Å². The highest BCUT2D eigenvalue weighted by Gasteiger charge is 2.39. The van der Waals surface area contributed by atoms with Crippen molar-refractivity contribution in [3.05, 3.63) is 95.6 Å². The van der Waals surface area contributed by atoms with Gasteiger partial charge in [-0.3, -0.25) is 0 Å². The van der Waals surface area contributed by atoms with Gasteiger partial charge in [-0.2, -0.15) is 0 Å². The van der Waals surface area contributed by atoms with E-state index in [-0.39, 0.29) is 0 Å². The van der Waals surface area contributed by atoms with Crippen LogP contribution in [0.2, 0.25) is 0 Å². The van der Waals surface area contributed by atoms with Crippen LogP contribution < -0.4 is 0 Å². The first-order valence-electron chi connectivity index (χ1n) is 7.96. The highest BCUT2D eigenvalue weighted by molar-refractivity contribution is 6.12. The van der Waals surface area contributed by atoms with E-state index in [1.54, 1.807) is 0 Å². The minimum absolute atomic E-state index is 0.393. The maximum Gasteiger partial charge on any atom is 0.165 e. The Morgan fingerprint density at radius 3 is 2.13 bits per heavy atom. The molecule has 0 saturated heterocycles. The summed E-state index contributed by atoms with van der Waals surface area (Å²) in [6, 6.07) is 26.0. The molecule has 1 heteroatoms. The number of halogens is 1. The molecule has 0 heterocycles. The summed E-state index contributed by atoms with van der Waals surface area (Å²) in [7, 11) is 0. The van der Waals surface area contributed by atoms with E-state index in [4.69, 9.17) is 0 Å². The quantitative estimate of drug-likeness (QED) is 0.392. The Balaban J connectivity index is 1.97. The predicted octanol–water partition coefficient (Wildman–Crippen LogP) is 5.76. The molecule has 0 fully saturated rings. The summed E-state index contributed by atoms with van der Waals surface area (Å²) in [5, 5.41) is 4.58. The number of hydrogen-bond donors (Lipinski definition) is 0. The number of hydrogen-bond acceptors (Lipinski definition) is 0. The van der Waals surface area contributed by atoms with Crippen LogP contribution >= 0.6 is 0 Å². The highest BCUT2D eigenvalue weighted by Crippen LogP contribution is 2.47. The minimum atomic E-state index is -1.47. The molecule has 1 aliphatic rings. The summed E-state index contributed by atoms with van der Waals surface area (Å²) in [6.07, 6.45) is 0.393. The molecule has 5 rings (SSSR count). The fourth-order valence-corrected chi connectivity index (χ4v) is 4.03. The molecule has 4 aromatic carbocycles. The lowest BCUT2D eigenvalue weighted by atomic mass is 9.74. The maximum absolute atomic E-state index is 16.3. The van der Waals surface area contributed by atoms with Gasteiger partial charge in [-0.1, -0.05) is 78.9 Å². The molecule has 1 aliphatic carbocycles. The first kappa shape index (κ1) is 12.8. The second kappa shape index (κ2) is 4.42. The fraction of sp³-hybridized carbons (Fsp3) is 0.0909. The van der Waals surface area contributed by atoms with Gasteiger partial charge in [-0.05, 0) is 32.7 Å². The third-order valence-electron chi connectivity index (χ3n) is 5.06. The Labute approximate surface area is 134 Å². The Hall–Kier alpha value is -2.67. The Morgan fingerprint density at radius 1 is 0.652 bits per heavy atom. The van der Waals surface area contributed by atoms with Crippen LogP contribution in [0.3, 0.4) is 0 Å². The molecule has 0 nitrogen and oxygen atoms in total. The smallest absolute Gasteiger partial charge is 0.165 e. The van der Waals surface area contributed by atoms with E-state index in [9.17, 15) is 0 Å². The van der Waals surface area contributed by atoms with Crippen molar-refractivity contribution in [2.45, 2.75) is 12.1 Å². The van der Waals surface area contributed by atoms with Crippen LogP contribution in [0.1, 0.15) is 16.7 Å². The third kappa shape index (κ3) is 1.65. The first-order valence-corrected chi connectivity index (χ1v) is 7.96. The summed E-state index contributed by atoms with van der Waals surface area (Å²) < 4.78 is 16.3. The zero-order valence-corrected chi connectivity index (χ0v) is 12.6. The van der Waals surface area contributed by atoms with E-state index in [0.717, 1.165) is 27.5 Å². The van der Waals surface area contributed by atoms with Crippen LogP contribution in [0.4, 0.5) is 4.39 Å². The van der Waals surface area contributed by atoms with Gasteiger partial charge in [0.1, 0.15) is 0 Å². The van der Waals surface area contributed by atoms with E-state index >= 15 is 4.39 Å². The molecule has 1 atom stereocenters. The van der Waals surface area contributed by atoms with Crippen molar-refractivity contribution in [1.29, 1.82) is 0 Å². The van der Waals surface area contributed by atoms with Gasteiger partial charge in [0.05, 0.1) is 0 Å². The summed E-state index contributed by atoms with van der Waals surface area (Å²) in [6.45, 7) is 0. The number of benzene rings is 4. The zero-order chi connectivity index (χ0) is 15.4. The molecule has 0 N–H and O–H groups in total. The van der Waals surface area contributed by atoms with E-state index in [2.05, 4.69) is 30.3 Å². The van der Waals surface area contributed by atoms with Gasteiger partial charge in [0, 0.05) is 12.0 Å². The maximum atomic E-state index is 16.3. The Kier molecular flexibility index (Phi) is 2.47. The standard InChI is InChI=1S/C22H15F/c23-22(18-9-2-1-3-10-18)14-17-8-4-6-15-12-13-16-7-5-11-19(22)21(16)20(15)17/h1-13H,14H2. The van der Waals surface area contributed by atoms with E-state index in [0.29, 0.717) is 6.42 Å². The second-order valence-electron chi connectivity index (χ2n) is 6.33. The van der Waals surface area contributed by atoms with Crippen molar-refractivity contribution < 1.29 is 4.39 Å². The van der Waals surface area contributed by atoms with Crippen molar-refractivity contribution in [3.63, 3.8) is 0 Å². The topological polar surface area (TPSA) is 0 Å². The molecule has 4 aromatic rings. The van der Waals surface area contributed by atoms with Gasteiger partial charge in [0.2, 0.25) is 0 Å². The van der Waals surface area contributed by atoms with Crippen LogP contribution in [0, 0.1) is 0 Å². The van der Waals surface area contributed by atoms with Crippen LogP contribution in [0.25, 0.3) is 21.5 Å². The average molecular weight is 298 g/mol. The lowest BCUT2D eigenvalue weighted by Gasteiger charge is -2.33. The Morgan fingerprint density at radius 2 is 1.35 bits per heavy atom. The SMILES string of the molecule is FC1(c2ccccc2)Cc2cccc3ccc4cccc1c4c23. The lowest BCUT2D eigenvalue weighted by Crippen LogP contribution is -2.27. The van der Waals surface area contributed by atoms with Crippen LogP contribution in [0.15, 0.2) is 78.9 Å². The molecule has 1 unspecified atom stereocenters. The largest absolute Gasteiger partial charge is 0.233 e. The molecule has 0 spiro atoms. The van der Waals surface area contributed by atoms with E-state index < -0.39 is 5.67 Å². The van der Waals surface area contributed by atoms with Crippen molar-refractivity contribution >= 4 is 21.5 Å². The summed E-state index contributed by atoms with van der Waals surface area (Å²) in [4.78, 5) is 0. The Bertz CT molecular complexity index is 1050. The average Bonchev–Trinajstić information content (AvgIpc) is 2.61. The van der Waals surface area contributed by atoms with Crippen molar-refractivity contribution in [2.24, 2.45) is 0 Å². The van der Waals surface area contributed by atoms with Gasteiger partial charge in [-0.15, -0.1) is 0 Å². The molecular formula is C22H15F. The van der Waals surface area contributed by atoms with Gasteiger partial charge in [0.15, 0.2) is 5.67 Å². The number of rotatable bonds is 1. The predicted molar refractivity (Wildman–Crippen MR) is 93.5 cm³/mol. The summed E-state index contributed by atoms with van der Waals surface area (Å²) in [5.74, 6) is 0. The first-order chi connectivity index (χ1) is 11.3. The van der Waals surface area contributed by atoms with Crippen molar-refractivity contribution in [2.75, 3.05) is 0 Å².